The van der Waals surface area contributed by atoms with Crippen LogP contribution in [0.5, 0.6) is 0 Å². The van der Waals surface area contributed by atoms with E-state index in [2.05, 4.69) is 10.6 Å². The molecule has 1 rings (SSSR count). The molecule has 0 aliphatic carbocycles. The molecule has 1 amide bonds. The first-order valence-electron chi connectivity index (χ1n) is 5.02. The Hall–Kier alpha value is -1.71. The molecule has 1 aromatic carbocycles. The van der Waals surface area contributed by atoms with Crippen LogP contribution in [0.1, 0.15) is 6.92 Å². The maximum absolute atomic E-state index is 10.9. The highest BCUT2D eigenvalue weighted by atomic mass is 16.5. The van der Waals surface area contributed by atoms with E-state index in [-0.39, 0.29) is 6.09 Å². The van der Waals surface area contributed by atoms with Crippen LogP contribution in [0, 0.1) is 0 Å². The molecule has 0 saturated heterocycles. The molecule has 0 aliphatic heterocycles. The van der Waals surface area contributed by atoms with Crippen LogP contribution in [0.3, 0.4) is 0 Å². The van der Waals surface area contributed by atoms with Gasteiger partial charge in [-0.1, -0.05) is 18.2 Å². The normalized spacial score (nSPS) is 9.40. The first kappa shape index (κ1) is 11.4. The largest absolute Gasteiger partial charge is 0.450 e. The van der Waals surface area contributed by atoms with Crippen molar-refractivity contribution >= 4 is 11.8 Å². The Morgan fingerprint density at radius 1 is 1.27 bits per heavy atom. The van der Waals surface area contributed by atoms with Crippen molar-refractivity contribution in [2.75, 3.05) is 25.0 Å². The van der Waals surface area contributed by atoms with Gasteiger partial charge in [0.1, 0.15) is 0 Å². The zero-order valence-electron chi connectivity index (χ0n) is 8.82. The summed E-state index contributed by atoms with van der Waals surface area (Å²) in [5, 5.41) is 5.80. The number of carbonyl (C=O) groups is 1. The Kier molecular flexibility index (Phi) is 5.08. The number of hydrogen-bond acceptors (Lipinski definition) is 3. The van der Waals surface area contributed by atoms with Crippen LogP contribution in [0.25, 0.3) is 0 Å². The van der Waals surface area contributed by atoms with Crippen molar-refractivity contribution in [3.63, 3.8) is 0 Å². The first-order chi connectivity index (χ1) is 7.33. The minimum absolute atomic E-state index is 0.368. The van der Waals surface area contributed by atoms with Crippen LogP contribution in [-0.2, 0) is 4.74 Å². The molecule has 0 heterocycles. The van der Waals surface area contributed by atoms with E-state index in [9.17, 15) is 4.79 Å². The molecular formula is C11H16N2O2. The number of benzene rings is 1. The van der Waals surface area contributed by atoms with Crippen molar-refractivity contribution in [1.29, 1.82) is 0 Å². The Morgan fingerprint density at radius 2 is 2.00 bits per heavy atom. The van der Waals surface area contributed by atoms with Crippen molar-refractivity contribution < 1.29 is 9.53 Å². The van der Waals surface area contributed by atoms with Crippen LogP contribution in [0.15, 0.2) is 30.3 Å². The van der Waals surface area contributed by atoms with E-state index in [1.807, 2.05) is 30.3 Å². The number of anilines is 1. The third-order valence-electron chi connectivity index (χ3n) is 1.77. The number of hydrogen-bond donors (Lipinski definition) is 2. The van der Waals surface area contributed by atoms with E-state index in [0.29, 0.717) is 19.7 Å². The highest BCUT2D eigenvalue weighted by Crippen LogP contribution is 2.03. The summed E-state index contributed by atoms with van der Waals surface area (Å²) >= 11 is 0. The van der Waals surface area contributed by atoms with Gasteiger partial charge in [-0.25, -0.2) is 4.79 Å². The van der Waals surface area contributed by atoms with E-state index >= 15 is 0 Å². The Balaban J connectivity index is 2.10. The van der Waals surface area contributed by atoms with E-state index < -0.39 is 0 Å². The van der Waals surface area contributed by atoms with Gasteiger partial charge in [-0.3, -0.25) is 0 Å². The number of carbonyl (C=O) groups excluding carboxylic acids is 1. The second kappa shape index (κ2) is 6.70. The molecule has 15 heavy (non-hydrogen) atoms. The topological polar surface area (TPSA) is 50.4 Å². The van der Waals surface area contributed by atoms with Gasteiger partial charge in [0.15, 0.2) is 0 Å². The van der Waals surface area contributed by atoms with Crippen LogP contribution >= 0.6 is 0 Å². The third kappa shape index (κ3) is 4.90. The summed E-state index contributed by atoms with van der Waals surface area (Å²) in [6, 6.07) is 9.83. The number of nitrogens with one attached hydrogen (secondary N) is 2. The van der Waals surface area contributed by atoms with Crippen LogP contribution in [-0.4, -0.2) is 25.8 Å². The number of ether oxygens (including phenoxy) is 1. The van der Waals surface area contributed by atoms with Gasteiger partial charge in [0.05, 0.1) is 6.61 Å². The molecule has 2 N–H and O–H groups in total. The quantitative estimate of drug-likeness (QED) is 0.726. The molecule has 0 radical (unpaired) electrons. The van der Waals surface area contributed by atoms with Gasteiger partial charge in [0.25, 0.3) is 0 Å². The van der Waals surface area contributed by atoms with Gasteiger partial charge < -0.3 is 15.4 Å². The van der Waals surface area contributed by atoms with Gasteiger partial charge in [0, 0.05) is 18.8 Å². The second-order valence-corrected chi connectivity index (χ2v) is 2.94. The molecule has 4 nitrogen and oxygen atoms in total. The minimum Gasteiger partial charge on any atom is -0.450 e. The van der Waals surface area contributed by atoms with Gasteiger partial charge in [-0.05, 0) is 19.1 Å². The predicted octanol–water partition coefficient (Wildman–Crippen LogP) is 1.84. The van der Waals surface area contributed by atoms with E-state index in [1.54, 1.807) is 6.92 Å². The summed E-state index contributed by atoms with van der Waals surface area (Å²) in [7, 11) is 0. The third-order valence-corrected chi connectivity index (χ3v) is 1.77. The molecule has 82 valence electrons. The molecule has 0 atom stereocenters. The molecule has 0 saturated carbocycles. The Bertz CT molecular complexity index is 288. The van der Waals surface area contributed by atoms with Crippen LogP contribution < -0.4 is 10.6 Å². The Morgan fingerprint density at radius 3 is 2.67 bits per heavy atom. The van der Waals surface area contributed by atoms with Crippen LogP contribution in [0.2, 0.25) is 0 Å². The lowest BCUT2D eigenvalue weighted by Gasteiger charge is -2.07. The summed E-state index contributed by atoms with van der Waals surface area (Å²) in [6.45, 7) is 3.41. The SMILES string of the molecule is CCOC(=O)NCCNc1ccccc1. The zero-order valence-corrected chi connectivity index (χ0v) is 8.82. The molecule has 0 spiro atoms. The number of amides is 1. The molecule has 1 aromatic rings. The maximum Gasteiger partial charge on any atom is 0.407 e. The standard InChI is InChI=1S/C11H16N2O2/c1-2-15-11(14)13-9-8-12-10-6-4-3-5-7-10/h3-7,12H,2,8-9H2,1H3,(H,13,14). The summed E-state index contributed by atoms with van der Waals surface area (Å²) in [5.74, 6) is 0. The van der Waals surface area contributed by atoms with Crippen molar-refractivity contribution in [2.45, 2.75) is 6.92 Å². The second-order valence-electron chi connectivity index (χ2n) is 2.94. The molecule has 0 aliphatic rings. The highest BCUT2D eigenvalue weighted by Gasteiger charge is 1.97. The van der Waals surface area contributed by atoms with Gasteiger partial charge in [0.2, 0.25) is 0 Å². The summed E-state index contributed by atoms with van der Waals surface area (Å²) in [4.78, 5) is 10.9. The first-order valence-corrected chi connectivity index (χ1v) is 5.02. The number of alkyl carbamates (subject to hydrolysis) is 1. The van der Waals surface area contributed by atoms with Gasteiger partial charge in [-0.2, -0.15) is 0 Å². The summed E-state index contributed by atoms with van der Waals surface area (Å²) in [5.41, 5.74) is 1.04. The average molecular weight is 208 g/mol. The monoisotopic (exact) mass is 208 g/mol. The highest BCUT2D eigenvalue weighted by molar-refractivity contribution is 5.67. The predicted molar refractivity (Wildman–Crippen MR) is 60.0 cm³/mol. The van der Waals surface area contributed by atoms with Crippen LogP contribution in [0.4, 0.5) is 10.5 Å². The maximum atomic E-state index is 10.9. The number of para-hydroxylation sites is 1. The fraction of sp³-hybridized carbons (Fsp3) is 0.364. The molecule has 0 bridgehead atoms. The molecule has 0 unspecified atom stereocenters. The van der Waals surface area contributed by atoms with Crippen molar-refractivity contribution in [3.05, 3.63) is 30.3 Å². The lowest BCUT2D eigenvalue weighted by atomic mass is 10.3. The summed E-state index contributed by atoms with van der Waals surface area (Å²) < 4.78 is 4.72. The van der Waals surface area contributed by atoms with E-state index in [1.165, 1.54) is 0 Å². The summed E-state index contributed by atoms with van der Waals surface area (Å²) in [6.07, 6.45) is -0.368. The van der Waals surface area contributed by atoms with E-state index in [0.717, 1.165) is 5.69 Å². The number of rotatable bonds is 5. The Labute approximate surface area is 89.6 Å². The van der Waals surface area contributed by atoms with Gasteiger partial charge >= 0.3 is 6.09 Å². The molecule has 0 fully saturated rings. The van der Waals surface area contributed by atoms with E-state index in [4.69, 9.17) is 4.74 Å². The molecular weight excluding hydrogens is 192 g/mol. The smallest absolute Gasteiger partial charge is 0.407 e. The minimum atomic E-state index is -0.368. The zero-order chi connectivity index (χ0) is 10.9. The fourth-order valence-electron chi connectivity index (χ4n) is 1.11. The average Bonchev–Trinajstić information content (AvgIpc) is 2.26. The molecule has 4 heteroatoms. The van der Waals surface area contributed by atoms with Gasteiger partial charge in [-0.15, -0.1) is 0 Å². The lowest BCUT2D eigenvalue weighted by molar-refractivity contribution is 0.152. The molecule has 0 aromatic heterocycles. The van der Waals surface area contributed by atoms with Crippen molar-refractivity contribution in [1.82, 2.24) is 5.32 Å². The fourth-order valence-corrected chi connectivity index (χ4v) is 1.11. The van der Waals surface area contributed by atoms with Crippen molar-refractivity contribution in [2.24, 2.45) is 0 Å². The lowest BCUT2D eigenvalue weighted by Crippen LogP contribution is -2.29. The van der Waals surface area contributed by atoms with Crippen molar-refractivity contribution in [3.8, 4) is 0 Å².